The summed E-state index contributed by atoms with van der Waals surface area (Å²) in [6.07, 6.45) is 0.937. The van der Waals surface area contributed by atoms with Gasteiger partial charge in [-0.3, -0.25) is 4.79 Å². The van der Waals surface area contributed by atoms with Crippen molar-refractivity contribution in [2.24, 2.45) is 5.92 Å². The van der Waals surface area contributed by atoms with Crippen LogP contribution in [0.3, 0.4) is 0 Å². The van der Waals surface area contributed by atoms with Gasteiger partial charge >= 0.3 is 6.09 Å². The third-order valence-corrected chi connectivity index (χ3v) is 3.73. The van der Waals surface area contributed by atoms with Crippen molar-refractivity contribution < 1.29 is 24.2 Å². The molecular weight excluding hydrogens is 264 g/mol. The molecule has 1 unspecified atom stereocenters. The van der Waals surface area contributed by atoms with E-state index in [4.69, 9.17) is 14.6 Å². The topological polar surface area (TPSA) is 79.3 Å². The molecule has 0 aromatic heterocycles. The van der Waals surface area contributed by atoms with E-state index in [9.17, 15) is 9.59 Å². The van der Waals surface area contributed by atoms with E-state index >= 15 is 0 Å². The van der Waals surface area contributed by atoms with Gasteiger partial charge in [-0.2, -0.15) is 0 Å². The lowest BCUT2D eigenvalue weighted by Gasteiger charge is -2.31. The Morgan fingerprint density at radius 3 is 2.65 bits per heavy atom. The Morgan fingerprint density at radius 1 is 1.20 bits per heavy atom. The monoisotopic (exact) mass is 286 g/mol. The van der Waals surface area contributed by atoms with E-state index in [1.165, 1.54) is 4.90 Å². The van der Waals surface area contributed by atoms with Gasteiger partial charge in [0, 0.05) is 32.1 Å². The summed E-state index contributed by atoms with van der Waals surface area (Å²) in [5.74, 6) is 0.177. The highest BCUT2D eigenvalue weighted by Crippen LogP contribution is 2.16. The van der Waals surface area contributed by atoms with Crippen LogP contribution >= 0.6 is 0 Å². The van der Waals surface area contributed by atoms with Crippen LogP contribution in [0.15, 0.2) is 0 Å². The van der Waals surface area contributed by atoms with Crippen molar-refractivity contribution in [2.45, 2.75) is 12.8 Å². The zero-order chi connectivity index (χ0) is 14.4. The molecule has 2 heterocycles. The second kappa shape index (κ2) is 7.44. The maximum Gasteiger partial charge on any atom is 0.407 e. The largest absolute Gasteiger partial charge is 0.465 e. The van der Waals surface area contributed by atoms with Gasteiger partial charge in [-0.25, -0.2) is 4.79 Å². The predicted octanol–water partition coefficient (Wildman–Crippen LogP) is 0.252. The van der Waals surface area contributed by atoms with Crippen molar-refractivity contribution in [1.29, 1.82) is 0 Å². The molecule has 7 heteroatoms. The zero-order valence-electron chi connectivity index (χ0n) is 11.6. The van der Waals surface area contributed by atoms with Crippen LogP contribution in [0.4, 0.5) is 4.79 Å². The molecule has 0 saturated carbocycles. The summed E-state index contributed by atoms with van der Waals surface area (Å²) in [6, 6.07) is 0. The SMILES string of the molecule is O=C(O)N1CCCC(COCC(=O)N2CCOCC2)C1. The van der Waals surface area contributed by atoms with Crippen LogP contribution in [0.1, 0.15) is 12.8 Å². The van der Waals surface area contributed by atoms with Crippen molar-refractivity contribution in [1.82, 2.24) is 9.80 Å². The molecule has 1 N–H and O–H groups in total. The minimum absolute atomic E-state index is 0.0146. The van der Waals surface area contributed by atoms with Crippen LogP contribution in [-0.4, -0.2) is 79.5 Å². The predicted molar refractivity (Wildman–Crippen MR) is 70.5 cm³/mol. The highest BCUT2D eigenvalue weighted by Gasteiger charge is 2.24. The number of hydrogen-bond acceptors (Lipinski definition) is 4. The Hall–Kier alpha value is -1.34. The fraction of sp³-hybridized carbons (Fsp3) is 0.846. The molecule has 2 aliphatic rings. The van der Waals surface area contributed by atoms with E-state index in [2.05, 4.69) is 0 Å². The number of morpholine rings is 1. The lowest BCUT2D eigenvalue weighted by atomic mass is 9.99. The molecule has 2 saturated heterocycles. The molecule has 2 amide bonds. The summed E-state index contributed by atoms with van der Waals surface area (Å²) in [5.41, 5.74) is 0. The van der Waals surface area contributed by atoms with E-state index in [-0.39, 0.29) is 18.4 Å². The molecule has 2 fully saturated rings. The highest BCUT2D eigenvalue weighted by molar-refractivity contribution is 5.77. The Morgan fingerprint density at radius 2 is 1.95 bits per heavy atom. The van der Waals surface area contributed by atoms with E-state index in [0.29, 0.717) is 46.0 Å². The van der Waals surface area contributed by atoms with Gasteiger partial charge < -0.3 is 24.4 Å². The quantitative estimate of drug-likeness (QED) is 0.801. The van der Waals surface area contributed by atoms with Gasteiger partial charge in [-0.15, -0.1) is 0 Å². The smallest absolute Gasteiger partial charge is 0.407 e. The molecule has 0 aliphatic carbocycles. The molecule has 0 aromatic rings. The van der Waals surface area contributed by atoms with Gasteiger partial charge in [-0.05, 0) is 12.8 Å². The van der Waals surface area contributed by atoms with Crippen LogP contribution < -0.4 is 0 Å². The Balaban J connectivity index is 1.64. The van der Waals surface area contributed by atoms with E-state index < -0.39 is 6.09 Å². The molecule has 0 radical (unpaired) electrons. The molecule has 2 rings (SSSR count). The first-order chi connectivity index (χ1) is 9.66. The summed E-state index contributed by atoms with van der Waals surface area (Å²) in [4.78, 5) is 25.9. The van der Waals surface area contributed by atoms with Crippen molar-refractivity contribution in [3.63, 3.8) is 0 Å². The summed E-state index contributed by atoms with van der Waals surface area (Å²) < 4.78 is 10.7. The highest BCUT2D eigenvalue weighted by atomic mass is 16.5. The summed E-state index contributed by atoms with van der Waals surface area (Å²) in [5, 5.41) is 8.95. The molecule has 2 aliphatic heterocycles. The summed E-state index contributed by atoms with van der Waals surface area (Å²) in [6.45, 7) is 4.03. The fourth-order valence-electron chi connectivity index (χ4n) is 2.59. The van der Waals surface area contributed by atoms with Gasteiger partial charge in [0.15, 0.2) is 0 Å². The Kier molecular flexibility index (Phi) is 5.60. The first-order valence-corrected chi connectivity index (χ1v) is 7.08. The van der Waals surface area contributed by atoms with Crippen molar-refractivity contribution >= 4 is 12.0 Å². The summed E-state index contributed by atoms with van der Waals surface area (Å²) >= 11 is 0. The number of ether oxygens (including phenoxy) is 2. The van der Waals surface area contributed by atoms with Gasteiger partial charge in [0.25, 0.3) is 0 Å². The first-order valence-electron chi connectivity index (χ1n) is 7.08. The average molecular weight is 286 g/mol. The van der Waals surface area contributed by atoms with Crippen molar-refractivity contribution in [3.8, 4) is 0 Å². The van der Waals surface area contributed by atoms with Crippen LogP contribution in [0.25, 0.3) is 0 Å². The molecule has 0 aromatic carbocycles. The number of piperidine rings is 1. The molecule has 0 bridgehead atoms. The third-order valence-electron chi connectivity index (χ3n) is 3.73. The Bertz CT molecular complexity index is 344. The number of hydrogen-bond donors (Lipinski definition) is 1. The zero-order valence-corrected chi connectivity index (χ0v) is 11.6. The molecule has 7 nitrogen and oxygen atoms in total. The number of nitrogens with zero attached hydrogens (tertiary/aromatic N) is 2. The van der Waals surface area contributed by atoms with Crippen molar-refractivity contribution in [2.75, 3.05) is 52.6 Å². The maximum absolute atomic E-state index is 11.9. The molecule has 114 valence electrons. The minimum atomic E-state index is -0.876. The van der Waals surface area contributed by atoms with Crippen LogP contribution in [-0.2, 0) is 14.3 Å². The molecule has 20 heavy (non-hydrogen) atoms. The van der Waals surface area contributed by atoms with Gasteiger partial charge in [0.05, 0.1) is 19.8 Å². The van der Waals surface area contributed by atoms with Crippen LogP contribution in [0.2, 0.25) is 0 Å². The standard InChI is InChI=1S/C13H22N2O5/c16-12(14-4-6-19-7-5-14)10-20-9-11-2-1-3-15(8-11)13(17)18/h11H,1-10H2,(H,17,18). The van der Waals surface area contributed by atoms with Crippen LogP contribution in [0.5, 0.6) is 0 Å². The normalized spacial score (nSPS) is 23.7. The summed E-state index contributed by atoms with van der Waals surface area (Å²) in [7, 11) is 0. The van der Waals surface area contributed by atoms with E-state index in [0.717, 1.165) is 12.8 Å². The van der Waals surface area contributed by atoms with Gasteiger partial charge in [-0.1, -0.05) is 0 Å². The number of carbonyl (C=O) groups excluding carboxylic acids is 1. The van der Waals surface area contributed by atoms with Crippen molar-refractivity contribution in [3.05, 3.63) is 0 Å². The molecular formula is C13H22N2O5. The van der Waals surface area contributed by atoms with Gasteiger partial charge in [0.2, 0.25) is 5.91 Å². The number of amides is 2. The maximum atomic E-state index is 11.9. The van der Waals surface area contributed by atoms with E-state index in [1.807, 2.05) is 0 Å². The lowest BCUT2D eigenvalue weighted by Crippen LogP contribution is -2.43. The average Bonchev–Trinajstić information content (AvgIpc) is 2.48. The lowest BCUT2D eigenvalue weighted by molar-refractivity contribution is -0.140. The fourth-order valence-corrected chi connectivity index (χ4v) is 2.59. The Labute approximate surface area is 118 Å². The molecule has 0 spiro atoms. The number of carboxylic acid groups (broad SMARTS) is 1. The molecule has 1 atom stereocenters. The number of carbonyl (C=O) groups is 2. The second-order valence-corrected chi connectivity index (χ2v) is 5.25. The van der Waals surface area contributed by atoms with Crippen LogP contribution in [0, 0.1) is 5.92 Å². The third kappa shape index (κ3) is 4.35. The van der Waals surface area contributed by atoms with E-state index in [1.54, 1.807) is 4.90 Å². The van der Waals surface area contributed by atoms with Gasteiger partial charge in [0.1, 0.15) is 6.61 Å². The minimum Gasteiger partial charge on any atom is -0.465 e. The number of rotatable bonds is 4. The number of likely N-dealkylation sites (tertiary alicyclic amines) is 1. The second-order valence-electron chi connectivity index (χ2n) is 5.25. The first kappa shape index (κ1) is 15.1.